The maximum Gasteiger partial charge on any atom is 0.269 e. The number of benzene rings is 4. The highest BCUT2D eigenvalue weighted by atomic mass is 16.5. The van der Waals surface area contributed by atoms with Crippen LogP contribution in [-0.4, -0.2) is 19.1 Å². The summed E-state index contributed by atoms with van der Waals surface area (Å²) in [7, 11) is 0. The van der Waals surface area contributed by atoms with Crippen molar-refractivity contribution in [2.75, 3.05) is 0 Å². The van der Waals surface area contributed by atoms with E-state index in [2.05, 4.69) is 60.9 Å². The van der Waals surface area contributed by atoms with Gasteiger partial charge in [-0.05, 0) is 95.7 Å². The van der Waals surface area contributed by atoms with Crippen molar-refractivity contribution in [1.29, 1.82) is 0 Å². The van der Waals surface area contributed by atoms with E-state index in [0.717, 1.165) is 44.2 Å². The Morgan fingerprint density at radius 1 is 0.736 bits per heavy atom. The first-order valence-corrected chi connectivity index (χ1v) is 18.3. The molecule has 0 atom stereocenters. The SMILES string of the molecule is [2H]C([2H])(c1cccc(-[n+]2[c-]n(-c3cncc(Oc4ccc5c6cc(C(C)(C)C)ccc6n(-c6cc(C([2H])([2H])C(C)C)ccn6)c5c4)c3)c3ccccc32)c1)C(C)C. The summed E-state index contributed by atoms with van der Waals surface area (Å²) in [4.78, 5) is 9.35. The van der Waals surface area contributed by atoms with Gasteiger partial charge in [-0.3, -0.25) is 18.7 Å². The molecule has 4 aromatic heterocycles. The van der Waals surface area contributed by atoms with Crippen LogP contribution in [0.3, 0.4) is 0 Å². The molecule has 0 aliphatic heterocycles. The van der Waals surface area contributed by atoms with E-state index in [1.807, 2.05) is 110 Å². The molecule has 53 heavy (non-hydrogen) atoms. The standard InChI is InChI=1S/C47H47N5O/c1-31(2)21-33-11-10-12-36(23-33)50-30-51(44-14-9-8-13-43(44)50)37-26-39(29-48-28-37)53-38-16-17-40-41-25-35(47(5,6)7)15-18-42(41)52(45(40)27-38)46-24-34(19-20-49-46)22-32(3)4/h8-20,23-29,31-32H,21-22H2,1-7H3/i21D2,22D2. The fourth-order valence-electron chi connectivity index (χ4n) is 6.97. The summed E-state index contributed by atoms with van der Waals surface area (Å²) in [5, 5.41) is 2.12. The quantitative estimate of drug-likeness (QED) is 0.111. The summed E-state index contributed by atoms with van der Waals surface area (Å²) in [5.41, 5.74) is 7.62. The number of hydrogen-bond donors (Lipinski definition) is 0. The molecule has 4 aromatic carbocycles. The zero-order chi connectivity index (χ0) is 40.4. The lowest BCUT2D eigenvalue weighted by Gasteiger charge is -2.19. The Kier molecular flexibility index (Phi) is 7.68. The van der Waals surface area contributed by atoms with E-state index in [1.165, 1.54) is 5.56 Å². The molecular weight excluding hydrogens is 651 g/mol. The van der Waals surface area contributed by atoms with Gasteiger partial charge in [-0.1, -0.05) is 96.5 Å². The van der Waals surface area contributed by atoms with Gasteiger partial charge in [0.15, 0.2) is 0 Å². The zero-order valence-electron chi connectivity index (χ0n) is 35.3. The van der Waals surface area contributed by atoms with E-state index >= 15 is 0 Å². The van der Waals surface area contributed by atoms with Crippen LogP contribution in [0.15, 0.2) is 122 Å². The second-order valence-corrected chi connectivity index (χ2v) is 15.3. The number of pyridine rings is 2. The number of rotatable bonds is 9. The van der Waals surface area contributed by atoms with E-state index in [0.29, 0.717) is 28.4 Å². The Morgan fingerprint density at radius 3 is 2.32 bits per heavy atom. The Hall–Kier alpha value is -5.75. The molecule has 0 spiro atoms. The molecule has 4 heterocycles. The van der Waals surface area contributed by atoms with Crippen molar-refractivity contribution in [3.05, 3.63) is 145 Å². The van der Waals surface area contributed by atoms with Crippen LogP contribution in [0, 0.1) is 18.2 Å². The van der Waals surface area contributed by atoms with Gasteiger partial charge >= 0.3 is 0 Å². The minimum absolute atomic E-state index is 0.0511. The van der Waals surface area contributed by atoms with Gasteiger partial charge in [-0.15, -0.1) is 0 Å². The molecule has 0 aliphatic rings. The summed E-state index contributed by atoms with van der Waals surface area (Å²) >= 11 is 0. The number of para-hydroxylation sites is 2. The number of hydrogen-bond acceptors (Lipinski definition) is 3. The average Bonchev–Trinajstić information content (AvgIpc) is 3.73. The number of imidazole rings is 1. The molecule has 6 nitrogen and oxygen atoms in total. The molecule has 266 valence electrons. The molecule has 0 saturated heterocycles. The van der Waals surface area contributed by atoms with Crippen molar-refractivity contribution in [3.63, 3.8) is 0 Å². The Bertz CT molecular complexity index is 2790. The average molecular weight is 702 g/mol. The van der Waals surface area contributed by atoms with Crippen LogP contribution in [0.1, 0.15) is 70.6 Å². The summed E-state index contributed by atoms with van der Waals surface area (Å²) in [5.74, 6) is 1.39. The van der Waals surface area contributed by atoms with Gasteiger partial charge in [0, 0.05) is 34.7 Å². The summed E-state index contributed by atoms with van der Waals surface area (Å²) in [6, 6.07) is 33.8. The fourth-order valence-corrected chi connectivity index (χ4v) is 6.97. The van der Waals surface area contributed by atoms with Gasteiger partial charge in [0.25, 0.3) is 6.33 Å². The van der Waals surface area contributed by atoms with Gasteiger partial charge in [-0.25, -0.2) is 4.98 Å². The van der Waals surface area contributed by atoms with Crippen LogP contribution in [0.4, 0.5) is 0 Å². The molecule has 0 fully saturated rings. The predicted octanol–water partition coefficient (Wildman–Crippen LogP) is 11.1. The minimum atomic E-state index is -1.53. The summed E-state index contributed by atoms with van der Waals surface area (Å²) < 4.78 is 47.6. The van der Waals surface area contributed by atoms with E-state index in [9.17, 15) is 0 Å². The van der Waals surface area contributed by atoms with E-state index in [4.69, 9.17) is 15.2 Å². The van der Waals surface area contributed by atoms with Crippen LogP contribution >= 0.6 is 0 Å². The fraction of sp³-hybridized carbons (Fsp3) is 0.255. The van der Waals surface area contributed by atoms with Gasteiger partial charge in [-0.2, -0.15) is 0 Å². The highest BCUT2D eigenvalue weighted by Gasteiger charge is 2.20. The lowest BCUT2D eigenvalue weighted by Crippen LogP contribution is -2.29. The maximum absolute atomic E-state index is 8.82. The molecule has 0 unspecified atom stereocenters. The Morgan fingerprint density at radius 2 is 1.53 bits per heavy atom. The lowest BCUT2D eigenvalue weighted by molar-refractivity contribution is -0.572. The predicted molar refractivity (Wildman–Crippen MR) is 216 cm³/mol. The van der Waals surface area contributed by atoms with Crippen LogP contribution in [0.2, 0.25) is 0 Å². The van der Waals surface area contributed by atoms with Crippen molar-refractivity contribution in [2.45, 2.75) is 66.6 Å². The Labute approximate surface area is 318 Å². The molecule has 0 bridgehead atoms. The minimum Gasteiger partial charge on any atom is -0.456 e. The topological polar surface area (TPSA) is 48.8 Å². The van der Waals surface area contributed by atoms with E-state index in [1.54, 1.807) is 24.7 Å². The van der Waals surface area contributed by atoms with Crippen molar-refractivity contribution in [3.8, 4) is 28.7 Å². The monoisotopic (exact) mass is 701 g/mol. The third-order valence-electron chi connectivity index (χ3n) is 9.35. The zero-order valence-corrected chi connectivity index (χ0v) is 31.3. The van der Waals surface area contributed by atoms with Gasteiger partial charge in [0.1, 0.15) is 17.3 Å². The highest BCUT2D eigenvalue weighted by Crippen LogP contribution is 2.37. The molecule has 6 heteroatoms. The molecule has 8 aromatic rings. The van der Waals surface area contributed by atoms with Crippen LogP contribution in [-0.2, 0) is 18.2 Å². The number of nitrogens with zero attached hydrogens (tertiary/aromatic N) is 5. The lowest BCUT2D eigenvalue weighted by atomic mass is 9.86. The first-order chi connectivity index (χ1) is 27.0. The first kappa shape index (κ1) is 29.8. The normalized spacial score (nSPS) is 13.8. The molecule has 0 N–H and O–H groups in total. The molecule has 0 amide bonds. The van der Waals surface area contributed by atoms with Crippen LogP contribution in [0.25, 0.3) is 50.0 Å². The molecule has 0 aliphatic carbocycles. The maximum atomic E-state index is 8.82. The first-order valence-electron chi connectivity index (χ1n) is 20.3. The number of ether oxygens (including phenoxy) is 1. The van der Waals surface area contributed by atoms with Gasteiger partial charge < -0.3 is 4.74 Å². The van der Waals surface area contributed by atoms with Crippen molar-refractivity contribution in [2.24, 2.45) is 11.8 Å². The second kappa shape index (κ2) is 13.7. The van der Waals surface area contributed by atoms with E-state index in [-0.39, 0.29) is 17.3 Å². The van der Waals surface area contributed by atoms with Crippen LogP contribution in [0.5, 0.6) is 11.5 Å². The molecule has 0 saturated carbocycles. The third-order valence-corrected chi connectivity index (χ3v) is 9.35. The van der Waals surface area contributed by atoms with Crippen molar-refractivity contribution < 1.29 is 14.8 Å². The van der Waals surface area contributed by atoms with E-state index < -0.39 is 12.7 Å². The summed E-state index contributed by atoms with van der Waals surface area (Å²) in [6.07, 6.45) is 5.64. The molecule has 8 rings (SSSR count). The largest absolute Gasteiger partial charge is 0.456 e. The number of aromatic nitrogens is 5. The molecular formula is C47H47N5O. The number of fused-ring (bicyclic) bond motifs is 4. The third kappa shape index (κ3) is 6.82. The Balaban J connectivity index is 1.21. The van der Waals surface area contributed by atoms with Crippen molar-refractivity contribution in [1.82, 2.24) is 19.1 Å². The van der Waals surface area contributed by atoms with Crippen molar-refractivity contribution >= 4 is 32.8 Å². The molecule has 0 radical (unpaired) electrons. The smallest absolute Gasteiger partial charge is 0.269 e. The second-order valence-electron chi connectivity index (χ2n) is 15.3. The highest BCUT2D eigenvalue weighted by molar-refractivity contribution is 6.09. The van der Waals surface area contributed by atoms with Gasteiger partial charge in [0.2, 0.25) is 0 Å². The van der Waals surface area contributed by atoms with Gasteiger partial charge in [0.05, 0.1) is 39.6 Å². The summed E-state index contributed by atoms with van der Waals surface area (Å²) in [6.45, 7) is 14.2. The van der Waals surface area contributed by atoms with Crippen LogP contribution < -0.4 is 9.30 Å².